The molecule has 1 unspecified atom stereocenters. The summed E-state index contributed by atoms with van der Waals surface area (Å²) < 4.78 is 0. The lowest BCUT2D eigenvalue weighted by Crippen LogP contribution is -2.37. The van der Waals surface area contributed by atoms with Crippen LogP contribution in [0.4, 0.5) is 0 Å². The molecule has 0 amide bonds. The molecule has 0 aliphatic carbocycles. The zero-order valence-electron chi connectivity index (χ0n) is 17.6. The molecule has 1 fully saturated rings. The zero-order chi connectivity index (χ0) is 21.0. The van der Waals surface area contributed by atoms with Crippen LogP contribution in [-0.4, -0.2) is 25.4 Å². The molecule has 1 aliphatic heterocycles. The largest absolute Gasteiger partial charge is 0.317 e. The van der Waals surface area contributed by atoms with Gasteiger partial charge in [-0.25, -0.2) is 0 Å². The molecule has 0 saturated carbocycles. The summed E-state index contributed by atoms with van der Waals surface area (Å²) in [5, 5.41) is 11.5. The number of rotatable bonds is 6. The molecule has 0 bridgehead atoms. The Balaban J connectivity index is 1.48. The molecule has 4 aromatic rings. The number of hydrogen-bond acceptors (Lipinski definition) is 3. The van der Waals surface area contributed by atoms with Crippen LogP contribution in [0.25, 0.3) is 21.5 Å². The van der Waals surface area contributed by atoms with Crippen molar-refractivity contribution in [2.45, 2.75) is 18.9 Å². The third kappa shape index (κ3) is 4.39. The van der Waals surface area contributed by atoms with Gasteiger partial charge in [-0.15, -0.1) is 0 Å². The molecule has 5 rings (SSSR count). The van der Waals surface area contributed by atoms with Crippen LogP contribution >= 0.6 is 0 Å². The summed E-state index contributed by atoms with van der Waals surface area (Å²) in [4.78, 5) is 13.7. The van der Waals surface area contributed by atoms with E-state index < -0.39 is 6.04 Å². The topological polar surface area (TPSA) is 41.1 Å². The smallest absolute Gasteiger partial charge is 0.184 e. The molecule has 2 N–H and O–H groups in total. The van der Waals surface area contributed by atoms with E-state index in [0.29, 0.717) is 5.92 Å². The predicted octanol–water partition coefficient (Wildman–Crippen LogP) is 5.31. The van der Waals surface area contributed by atoms with Crippen LogP contribution in [0.3, 0.4) is 0 Å². The van der Waals surface area contributed by atoms with Crippen LogP contribution in [0, 0.1) is 12.0 Å². The van der Waals surface area contributed by atoms with Gasteiger partial charge in [-0.05, 0) is 89.8 Å². The minimum Gasteiger partial charge on any atom is -0.317 e. The SMILES string of the molecule is O=C(c1ccc2ccccc2c1)C(NCC1CCNCC1)c1[c]cc2ccccc2c1. The lowest BCUT2D eigenvalue weighted by molar-refractivity contribution is 0.0939. The second kappa shape index (κ2) is 9.01. The van der Waals surface area contributed by atoms with Crippen molar-refractivity contribution in [1.29, 1.82) is 0 Å². The summed E-state index contributed by atoms with van der Waals surface area (Å²) in [5.41, 5.74) is 1.65. The van der Waals surface area contributed by atoms with E-state index in [9.17, 15) is 4.79 Å². The van der Waals surface area contributed by atoms with E-state index in [2.05, 4.69) is 47.0 Å². The second-order valence-electron chi connectivity index (χ2n) is 8.48. The van der Waals surface area contributed by atoms with Crippen LogP contribution in [0.2, 0.25) is 0 Å². The van der Waals surface area contributed by atoms with Crippen molar-refractivity contribution >= 4 is 27.3 Å². The van der Waals surface area contributed by atoms with Crippen molar-refractivity contribution in [1.82, 2.24) is 10.6 Å². The van der Waals surface area contributed by atoms with Gasteiger partial charge in [-0.2, -0.15) is 0 Å². The summed E-state index contributed by atoms with van der Waals surface area (Å²) in [6, 6.07) is 29.5. The number of carbonyl (C=O) groups excluding carboxylic acids is 1. The molecule has 31 heavy (non-hydrogen) atoms. The van der Waals surface area contributed by atoms with Gasteiger partial charge >= 0.3 is 0 Å². The van der Waals surface area contributed by atoms with E-state index in [0.717, 1.165) is 65.1 Å². The average Bonchev–Trinajstić information content (AvgIpc) is 2.84. The molecule has 0 spiro atoms. The highest BCUT2D eigenvalue weighted by Gasteiger charge is 2.24. The lowest BCUT2D eigenvalue weighted by Gasteiger charge is -2.26. The number of benzene rings is 4. The van der Waals surface area contributed by atoms with E-state index >= 15 is 0 Å². The summed E-state index contributed by atoms with van der Waals surface area (Å²) in [6.07, 6.45) is 2.29. The number of fused-ring (bicyclic) bond motifs is 2. The highest BCUT2D eigenvalue weighted by Crippen LogP contribution is 2.25. The third-order valence-electron chi connectivity index (χ3n) is 6.38. The number of hydrogen-bond donors (Lipinski definition) is 2. The highest BCUT2D eigenvalue weighted by molar-refractivity contribution is 6.04. The van der Waals surface area contributed by atoms with Crippen molar-refractivity contribution < 1.29 is 4.79 Å². The first-order valence-electron chi connectivity index (χ1n) is 11.2. The van der Waals surface area contributed by atoms with Gasteiger partial charge in [-0.1, -0.05) is 60.7 Å². The molecule has 3 heteroatoms. The normalized spacial score (nSPS) is 15.9. The lowest BCUT2D eigenvalue weighted by atomic mass is 9.92. The number of ketones is 1. The predicted molar refractivity (Wildman–Crippen MR) is 127 cm³/mol. The van der Waals surface area contributed by atoms with Crippen LogP contribution in [-0.2, 0) is 0 Å². The Morgan fingerprint density at radius 1 is 0.903 bits per heavy atom. The van der Waals surface area contributed by atoms with Gasteiger partial charge in [-0.3, -0.25) is 4.79 Å². The summed E-state index contributed by atoms with van der Waals surface area (Å²) in [6.45, 7) is 2.95. The van der Waals surface area contributed by atoms with Crippen LogP contribution in [0.5, 0.6) is 0 Å². The Morgan fingerprint density at radius 2 is 1.58 bits per heavy atom. The van der Waals surface area contributed by atoms with Gasteiger partial charge in [0.2, 0.25) is 0 Å². The molecule has 155 valence electrons. The van der Waals surface area contributed by atoms with E-state index in [1.165, 1.54) is 0 Å². The third-order valence-corrected chi connectivity index (χ3v) is 6.38. The van der Waals surface area contributed by atoms with Crippen molar-refractivity contribution in [3.05, 3.63) is 96.1 Å². The summed E-state index contributed by atoms with van der Waals surface area (Å²) in [7, 11) is 0. The Bertz CT molecular complexity index is 1210. The zero-order valence-corrected chi connectivity index (χ0v) is 17.6. The molecule has 1 radical (unpaired) electrons. The van der Waals surface area contributed by atoms with Gasteiger partial charge in [0.15, 0.2) is 5.78 Å². The quantitative estimate of drug-likeness (QED) is 0.426. The van der Waals surface area contributed by atoms with Crippen molar-refractivity contribution in [3.8, 4) is 0 Å². The van der Waals surface area contributed by atoms with E-state index in [1.54, 1.807) is 0 Å². The first-order valence-corrected chi connectivity index (χ1v) is 11.2. The maximum Gasteiger partial charge on any atom is 0.184 e. The maximum absolute atomic E-state index is 13.7. The molecule has 0 aromatic heterocycles. The van der Waals surface area contributed by atoms with Gasteiger partial charge in [0.05, 0.1) is 6.04 Å². The molecule has 4 aromatic carbocycles. The molecular formula is C28H27N2O. The number of carbonyl (C=O) groups is 1. The molecule has 1 saturated heterocycles. The van der Waals surface area contributed by atoms with Crippen LogP contribution in [0.1, 0.15) is 34.8 Å². The first kappa shape index (κ1) is 19.9. The van der Waals surface area contributed by atoms with Crippen LogP contribution < -0.4 is 10.6 Å². The van der Waals surface area contributed by atoms with E-state index in [-0.39, 0.29) is 5.78 Å². The standard InChI is InChI=1S/C28H27N2O/c31-28(26-12-10-22-6-2-4-8-24(22)18-26)27(30-19-20-13-15-29-16-14-20)25-11-9-21-5-1-3-7-23(21)17-25/h1-10,12,17-18,20,27,29-30H,13-16,19H2. The van der Waals surface area contributed by atoms with Gasteiger partial charge in [0, 0.05) is 5.56 Å². The van der Waals surface area contributed by atoms with Crippen molar-refractivity contribution in [2.24, 2.45) is 5.92 Å². The fourth-order valence-electron chi connectivity index (χ4n) is 4.53. The summed E-state index contributed by atoms with van der Waals surface area (Å²) >= 11 is 0. The van der Waals surface area contributed by atoms with Crippen LogP contribution in [0.15, 0.2) is 78.9 Å². The fourth-order valence-corrected chi connectivity index (χ4v) is 4.53. The summed E-state index contributed by atoms with van der Waals surface area (Å²) in [5.74, 6) is 0.694. The molecule has 1 aliphatic rings. The Kier molecular flexibility index (Phi) is 5.79. The van der Waals surface area contributed by atoms with Crippen molar-refractivity contribution in [3.63, 3.8) is 0 Å². The number of nitrogens with one attached hydrogen (secondary N) is 2. The Morgan fingerprint density at radius 3 is 2.35 bits per heavy atom. The maximum atomic E-state index is 13.7. The highest BCUT2D eigenvalue weighted by atomic mass is 16.1. The van der Waals surface area contributed by atoms with Gasteiger partial charge in [0.25, 0.3) is 0 Å². The average molecular weight is 408 g/mol. The Hall–Kier alpha value is -3.01. The monoisotopic (exact) mass is 407 g/mol. The number of Topliss-reactive ketones (excluding diaryl/α,β-unsaturated/α-hetero) is 1. The van der Waals surface area contributed by atoms with Gasteiger partial charge < -0.3 is 10.6 Å². The van der Waals surface area contributed by atoms with Crippen molar-refractivity contribution in [2.75, 3.05) is 19.6 Å². The Labute approximate surface area is 183 Å². The second-order valence-corrected chi connectivity index (χ2v) is 8.48. The van der Waals surface area contributed by atoms with Gasteiger partial charge in [0.1, 0.15) is 0 Å². The minimum atomic E-state index is -0.402. The fraction of sp³-hybridized carbons (Fsp3) is 0.250. The van der Waals surface area contributed by atoms with E-state index in [4.69, 9.17) is 0 Å². The molecule has 1 atom stereocenters. The number of piperidine rings is 1. The molecule has 3 nitrogen and oxygen atoms in total. The minimum absolute atomic E-state index is 0.103. The molecule has 1 heterocycles. The first-order chi connectivity index (χ1) is 15.3. The molecular weight excluding hydrogens is 380 g/mol. The van der Waals surface area contributed by atoms with E-state index in [1.807, 2.05) is 48.5 Å².